The van der Waals surface area contributed by atoms with Crippen molar-refractivity contribution in [2.45, 2.75) is 13.0 Å². The maximum absolute atomic E-state index is 12.5. The summed E-state index contributed by atoms with van der Waals surface area (Å²) in [5, 5.41) is 3.47. The van der Waals surface area contributed by atoms with E-state index in [1.807, 2.05) is 55.5 Å². The fourth-order valence-corrected chi connectivity index (χ4v) is 2.79. The molecule has 2 rings (SSSR count). The Bertz CT molecular complexity index is 701. The van der Waals surface area contributed by atoms with Crippen molar-refractivity contribution in [2.24, 2.45) is 5.92 Å². The average Bonchev–Trinajstić information content (AvgIpc) is 2.65. The molecule has 1 N–H and O–H groups in total. The number of amides is 1. The van der Waals surface area contributed by atoms with Crippen LogP contribution in [-0.2, 0) is 4.79 Å². The van der Waals surface area contributed by atoms with Gasteiger partial charge in [-0.15, -0.1) is 0 Å². The van der Waals surface area contributed by atoms with Crippen LogP contribution >= 0.6 is 0 Å². The van der Waals surface area contributed by atoms with Crippen LogP contribution in [0, 0.1) is 5.92 Å². The predicted octanol–water partition coefficient (Wildman–Crippen LogP) is 3.58. The lowest BCUT2D eigenvalue weighted by Gasteiger charge is -2.28. The molecule has 0 spiro atoms. The highest BCUT2D eigenvalue weighted by molar-refractivity contribution is 5.79. The number of ether oxygens (including phenoxy) is 2. The van der Waals surface area contributed by atoms with Crippen LogP contribution in [0.15, 0.2) is 48.5 Å². The Morgan fingerprint density at radius 1 is 1.04 bits per heavy atom. The molecule has 0 saturated heterocycles. The normalized spacial score (nSPS) is 12.8. The van der Waals surface area contributed by atoms with Crippen molar-refractivity contribution < 1.29 is 14.3 Å². The van der Waals surface area contributed by atoms with E-state index in [1.54, 1.807) is 33.2 Å². The first-order valence-corrected chi connectivity index (χ1v) is 8.22. The van der Waals surface area contributed by atoms with Crippen molar-refractivity contribution in [3.8, 4) is 11.5 Å². The van der Waals surface area contributed by atoms with Crippen LogP contribution in [0.25, 0.3) is 0 Å². The highest BCUT2D eigenvalue weighted by Crippen LogP contribution is 2.34. The van der Waals surface area contributed by atoms with E-state index in [0.717, 1.165) is 17.0 Å². The highest BCUT2D eigenvalue weighted by Gasteiger charge is 2.27. The summed E-state index contributed by atoms with van der Waals surface area (Å²) in [5.74, 6) is 1.21. The summed E-state index contributed by atoms with van der Waals surface area (Å²) in [6, 6.07) is 15.4. The van der Waals surface area contributed by atoms with Crippen molar-refractivity contribution >= 4 is 11.6 Å². The second kappa shape index (κ2) is 8.42. The summed E-state index contributed by atoms with van der Waals surface area (Å²) in [6.07, 6.45) is 0. The molecule has 0 radical (unpaired) electrons. The maximum atomic E-state index is 12.5. The SMILES string of the molecule is COc1ccc(N[C@H](c2ccccc2)[C@@H](C)C(=O)N(C)C)c(OC)c1. The molecular formula is C20H26N2O3. The number of rotatable bonds is 7. The molecule has 0 unspecified atom stereocenters. The van der Waals surface area contributed by atoms with E-state index in [2.05, 4.69) is 5.32 Å². The zero-order valence-corrected chi connectivity index (χ0v) is 15.4. The molecule has 0 saturated carbocycles. The van der Waals surface area contributed by atoms with Gasteiger partial charge in [0.1, 0.15) is 11.5 Å². The van der Waals surface area contributed by atoms with Gasteiger partial charge >= 0.3 is 0 Å². The molecular weight excluding hydrogens is 316 g/mol. The first kappa shape index (κ1) is 18.6. The minimum absolute atomic E-state index is 0.0637. The van der Waals surface area contributed by atoms with Gasteiger partial charge in [-0.05, 0) is 17.7 Å². The van der Waals surface area contributed by atoms with Gasteiger partial charge in [-0.2, -0.15) is 0 Å². The van der Waals surface area contributed by atoms with Crippen LogP contribution in [-0.4, -0.2) is 39.1 Å². The molecule has 0 fully saturated rings. The van der Waals surface area contributed by atoms with Crippen molar-refractivity contribution in [3.63, 3.8) is 0 Å². The summed E-state index contributed by atoms with van der Waals surface area (Å²) in [7, 11) is 6.78. The van der Waals surface area contributed by atoms with E-state index in [-0.39, 0.29) is 17.9 Å². The Hall–Kier alpha value is -2.69. The van der Waals surface area contributed by atoms with Gasteiger partial charge in [0, 0.05) is 20.2 Å². The molecule has 0 aliphatic heterocycles. The Labute approximate surface area is 149 Å². The monoisotopic (exact) mass is 342 g/mol. The molecule has 2 aromatic rings. The third kappa shape index (κ3) is 4.44. The lowest BCUT2D eigenvalue weighted by atomic mass is 9.93. The van der Waals surface area contributed by atoms with Crippen LogP contribution in [0.1, 0.15) is 18.5 Å². The second-order valence-corrected chi connectivity index (χ2v) is 6.12. The molecule has 0 aliphatic rings. The smallest absolute Gasteiger partial charge is 0.227 e. The molecule has 0 aromatic heterocycles. The molecule has 0 aliphatic carbocycles. The molecule has 134 valence electrons. The van der Waals surface area contributed by atoms with Crippen molar-refractivity contribution in [1.82, 2.24) is 4.90 Å². The van der Waals surface area contributed by atoms with Crippen molar-refractivity contribution in [3.05, 3.63) is 54.1 Å². The minimum Gasteiger partial charge on any atom is -0.497 e. The summed E-state index contributed by atoms with van der Waals surface area (Å²) in [5.41, 5.74) is 1.86. The van der Waals surface area contributed by atoms with Gasteiger partial charge in [0.2, 0.25) is 5.91 Å². The number of benzene rings is 2. The van der Waals surface area contributed by atoms with Gasteiger partial charge in [-0.25, -0.2) is 0 Å². The quantitative estimate of drug-likeness (QED) is 0.835. The van der Waals surface area contributed by atoms with E-state index in [0.29, 0.717) is 5.75 Å². The minimum atomic E-state index is -0.246. The summed E-state index contributed by atoms with van der Waals surface area (Å²) < 4.78 is 10.7. The van der Waals surface area contributed by atoms with Gasteiger partial charge in [0.25, 0.3) is 0 Å². The topological polar surface area (TPSA) is 50.8 Å². The summed E-state index contributed by atoms with van der Waals surface area (Å²) in [4.78, 5) is 14.2. The maximum Gasteiger partial charge on any atom is 0.227 e. The van der Waals surface area contributed by atoms with Crippen LogP contribution in [0.2, 0.25) is 0 Å². The Balaban J connectivity index is 2.38. The number of hydrogen-bond donors (Lipinski definition) is 1. The van der Waals surface area contributed by atoms with Crippen LogP contribution in [0.3, 0.4) is 0 Å². The van der Waals surface area contributed by atoms with E-state index in [9.17, 15) is 4.79 Å². The number of nitrogens with one attached hydrogen (secondary N) is 1. The van der Waals surface area contributed by atoms with E-state index in [4.69, 9.17) is 9.47 Å². The average molecular weight is 342 g/mol. The van der Waals surface area contributed by atoms with Gasteiger partial charge < -0.3 is 19.7 Å². The largest absolute Gasteiger partial charge is 0.497 e. The lowest BCUT2D eigenvalue weighted by molar-refractivity contribution is -0.132. The molecule has 5 heteroatoms. The Morgan fingerprint density at radius 2 is 1.72 bits per heavy atom. The van der Waals surface area contributed by atoms with Gasteiger partial charge in [0.15, 0.2) is 0 Å². The molecule has 1 amide bonds. The first-order valence-electron chi connectivity index (χ1n) is 8.22. The number of hydrogen-bond acceptors (Lipinski definition) is 4. The van der Waals surface area contributed by atoms with Crippen LogP contribution in [0.5, 0.6) is 11.5 Å². The van der Waals surface area contributed by atoms with E-state index >= 15 is 0 Å². The fourth-order valence-electron chi connectivity index (χ4n) is 2.79. The molecule has 2 atom stereocenters. The number of methoxy groups -OCH3 is 2. The van der Waals surface area contributed by atoms with E-state index < -0.39 is 0 Å². The first-order chi connectivity index (χ1) is 12.0. The molecule has 5 nitrogen and oxygen atoms in total. The van der Waals surface area contributed by atoms with Crippen LogP contribution in [0.4, 0.5) is 5.69 Å². The number of carbonyl (C=O) groups is 1. The highest BCUT2D eigenvalue weighted by atomic mass is 16.5. The van der Waals surface area contributed by atoms with Crippen molar-refractivity contribution in [2.75, 3.05) is 33.6 Å². The number of anilines is 1. The van der Waals surface area contributed by atoms with Crippen molar-refractivity contribution in [1.29, 1.82) is 0 Å². The zero-order chi connectivity index (χ0) is 18.4. The molecule has 0 bridgehead atoms. The second-order valence-electron chi connectivity index (χ2n) is 6.12. The van der Waals surface area contributed by atoms with Gasteiger partial charge in [-0.3, -0.25) is 4.79 Å². The third-order valence-electron chi connectivity index (χ3n) is 4.21. The Morgan fingerprint density at radius 3 is 2.28 bits per heavy atom. The summed E-state index contributed by atoms with van der Waals surface area (Å²) in [6.45, 7) is 1.93. The number of nitrogens with zero attached hydrogens (tertiary/aromatic N) is 1. The van der Waals surface area contributed by atoms with Gasteiger partial charge in [-0.1, -0.05) is 37.3 Å². The fraction of sp³-hybridized carbons (Fsp3) is 0.350. The van der Waals surface area contributed by atoms with Crippen LogP contribution < -0.4 is 14.8 Å². The lowest BCUT2D eigenvalue weighted by Crippen LogP contribution is -2.34. The number of carbonyl (C=O) groups excluding carboxylic acids is 1. The van der Waals surface area contributed by atoms with E-state index in [1.165, 1.54) is 0 Å². The standard InChI is InChI=1S/C20H26N2O3/c1-14(20(23)22(2)3)19(15-9-7-6-8-10-15)21-17-12-11-16(24-4)13-18(17)25-5/h6-14,19,21H,1-5H3/t14-,19+/m1/s1. The third-order valence-corrected chi connectivity index (χ3v) is 4.21. The Kier molecular flexibility index (Phi) is 6.28. The van der Waals surface area contributed by atoms with Gasteiger partial charge in [0.05, 0.1) is 31.9 Å². The molecule has 2 aromatic carbocycles. The zero-order valence-electron chi connectivity index (χ0n) is 15.4. The molecule has 25 heavy (non-hydrogen) atoms. The predicted molar refractivity (Wildman–Crippen MR) is 100 cm³/mol. The summed E-state index contributed by atoms with van der Waals surface area (Å²) >= 11 is 0. The molecule has 0 heterocycles.